The molecule has 0 bridgehead atoms. The van der Waals surface area contributed by atoms with Crippen molar-refractivity contribution < 1.29 is 22.3 Å². The zero-order chi connectivity index (χ0) is 19.6. The largest absolute Gasteiger partial charge is 0.463 e. The van der Waals surface area contributed by atoms with Crippen molar-refractivity contribution >= 4 is 33.0 Å². The maximum atomic E-state index is 13.6. The number of fused-ring (bicyclic) bond motifs is 1. The first kappa shape index (κ1) is 18.8. The maximum absolute atomic E-state index is 13.6. The van der Waals surface area contributed by atoms with Gasteiger partial charge in [0.1, 0.15) is 5.82 Å². The summed E-state index contributed by atoms with van der Waals surface area (Å²) in [4.78, 5) is 11.7. The smallest absolute Gasteiger partial charge is 0.330 e. The Hall–Kier alpha value is -2.93. The maximum Gasteiger partial charge on any atom is 0.330 e. The fourth-order valence-corrected chi connectivity index (χ4v) is 4.23. The molecule has 27 heavy (non-hydrogen) atoms. The molecule has 0 aliphatic heterocycles. The number of esters is 1. The van der Waals surface area contributed by atoms with Crippen LogP contribution in [0.5, 0.6) is 0 Å². The van der Waals surface area contributed by atoms with Crippen LogP contribution < -0.4 is 0 Å². The van der Waals surface area contributed by atoms with E-state index in [-0.39, 0.29) is 17.2 Å². The lowest BCUT2D eigenvalue weighted by Crippen LogP contribution is -2.14. The first-order chi connectivity index (χ1) is 12.8. The summed E-state index contributed by atoms with van der Waals surface area (Å²) >= 11 is 0. The third kappa shape index (κ3) is 3.78. The number of carbonyl (C=O) groups is 1. The second-order valence-electron chi connectivity index (χ2n) is 5.94. The van der Waals surface area contributed by atoms with Gasteiger partial charge >= 0.3 is 5.97 Å². The van der Waals surface area contributed by atoms with E-state index in [1.165, 1.54) is 42.5 Å². The molecule has 0 atom stereocenters. The predicted molar refractivity (Wildman–Crippen MR) is 101 cm³/mol. The molecule has 1 aromatic heterocycles. The molecule has 0 radical (unpaired) electrons. The van der Waals surface area contributed by atoms with Gasteiger partial charge in [-0.1, -0.05) is 17.7 Å². The Kier molecular flexibility index (Phi) is 5.14. The lowest BCUT2D eigenvalue weighted by atomic mass is 10.2. The first-order valence-corrected chi connectivity index (χ1v) is 9.75. The summed E-state index contributed by atoms with van der Waals surface area (Å²) in [6.45, 7) is 3.74. The van der Waals surface area contributed by atoms with Gasteiger partial charge in [-0.05, 0) is 56.3 Å². The highest BCUT2D eigenvalue weighted by atomic mass is 32.2. The topological polar surface area (TPSA) is 65.4 Å². The Morgan fingerprint density at radius 1 is 1.15 bits per heavy atom. The molecule has 0 saturated heterocycles. The Morgan fingerprint density at radius 2 is 1.85 bits per heavy atom. The van der Waals surface area contributed by atoms with Crippen LogP contribution in [0.15, 0.2) is 59.5 Å². The molecular formula is C20H18FNO4S. The van der Waals surface area contributed by atoms with Crippen LogP contribution in [0, 0.1) is 12.7 Å². The summed E-state index contributed by atoms with van der Waals surface area (Å²) in [5, 5.41) is 0.411. The van der Waals surface area contributed by atoms with Gasteiger partial charge in [0, 0.05) is 11.5 Å². The number of rotatable bonds is 5. The number of nitrogens with zero attached hydrogens (tertiary/aromatic N) is 1. The van der Waals surface area contributed by atoms with Crippen molar-refractivity contribution in [3.63, 3.8) is 0 Å². The molecule has 0 unspecified atom stereocenters. The van der Waals surface area contributed by atoms with Crippen molar-refractivity contribution in [1.82, 2.24) is 3.97 Å². The van der Waals surface area contributed by atoms with Gasteiger partial charge < -0.3 is 4.74 Å². The minimum Gasteiger partial charge on any atom is -0.463 e. The number of aromatic nitrogens is 1. The fourth-order valence-electron chi connectivity index (χ4n) is 2.73. The molecule has 0 fully saturated rings. The number of hydrogen-bond donors (Lipinski definition) is 0. The van der Waals surface area contributed by atoms with E-state index in [9.17, 15) is 17.6 Å². The molecule has 5 nitrogen and oxygen atoms in total. The minimum atomic E-state index is -3.95. The van der Waals surface area contributed by atoms with Crippen LogP contribution in [0.1, 0.15) is 18.2 Å². The summed E-state index contributed by atoms with van der Waals surface area (Å²) < 4.78 is 46.0. The molecule has 140 valence electrons. The Bertz CT molecular complexity index is 1130. The van der Waals surface area contributed by atoms with Gasteiger partial charge in [-0.25, -0.2) is 21.6 Å². The number of benzene rings is 2. The van der Waals surface area contributed by atoms with Crippen LogP contribution in [0.25, 0.3) is 17.0 Å². The predicted octanol–water partition coefficient (Wildman–Crippen LogP) is 3.90. The number of aryl methyl sites for hydroxylation is 1. The quantitative estimate of drug-likeness (QED) is 0.492. The van der Waals surface area contributed by atoms with Crippen LogP contribution in [0.4, 0.5) is 4.39 Å². The third-order valence-corrected chi connectivity index (χ3v) is 5.74. The van der Waals surface area contributed by atoms with Crippen LogP contribution in [0.2, 0.25) is 0 Å². The van der Waals surface area contributed by atoms with Gasteiger partial charge in [0.25, 0.3) is 10.0 Å². The van der Waals surface area contributed by atoms with Crippen molar-refractivity contribution in [3.8, 4) is 0 Å². The van der Waals surface area contributed by atoms with Gasteiger partial charge in [0.2, 0.25) is 0 Å². The lowest BCUT2D eigenvalue weighted by molar-refractivity contribution is -0.137. The monoisotopic (exact) mass is 387 g/mol. The highest BCUT2D eigenvalue weighted by molar-refractivity contribution is 7.90. The minimum absolute atomic E-state index is 0.0979. The third-order valence-electron chi connectivity index (χ3n) is 3.98. The average molecular weight is 387 g/mol. The van der Waals surface area contributed by atoms with E-state index >= 15 is 0 Å². The van der Waals surface area contributed by atoms with Gasteiger partial charge in [-0.3, -0.25) is 0 Å². The van der Waals surface area contributed by atoms with Crippen LogP contribution in [0.3, 0.4) is 0 Å². The second kappa shape index (κ2) is 7.36. The second-order valence-corrected chi connectivity index (χ2v) is 7.73. The number of hydrogen-bond acceptors (Lipinski definition) is 4. The zero-order valence-corrected chi connectivity index (χ0v) is 15.7. The Balaban J connectivity index is 2.21. The summed E-state index contributed by atoms with van der Waals surface area (Å²) in [6, 6.07) is 11.8. The Morgan fingerprint density at radius 3 is 2.52 bits per heavy atom. The SMILES string of the molecule is CCOC(=O)C=Cc1cc2cc(F)ccc2n1S(=O)(=O)c1ccc(C)cc1. The van der Waals surface area contributed by atoms with Gasteiger partial charge in [-0.15, -0.1) is 0 Å². The molecule has 2 aromatic carbocycles. The summed E-state index contributed by atoms with van der Waals surface area (Å²) in [5.74, 6) is -1.07. The van der Waals surface area contributed by atoms with Crippen molar-refractivity contribution in [2.24, 2.45) is 0 Å². The summed E-state index contributed by atoms with van der Waals surface area (Å²) in [7, 11) is -3.95. The van der Waals surface area contributed by atoms with Crippen LogP contribution >= 0.6 is 0 Å². The lowest BCUT2D eigenvalue weighted by Gasteiger charge is -2.10. The molecule has 0 aliphatic rings. The molecular weight excluding hydrogens is 369 g/mol. The number of halogens is 1. The summed E-state index contributed by atoms with van der Waals surface area (Å²) in [6.07, 6.45) is 2.50. The molecule has 3 aromatic rings. The first-order valence-electron chi connectivity index (χ1n) is 8.31. The van der Waals surface area contributed by atoms with E-state index in [2.05, 4.69) is 0 Å². The molecule has 0 aliphatic carbocycles. The molecule has 0 N–H and O–H groups in total. The van der Waals surface area contributed by atoms with Gasteiger partial charge in [0.05, 0.1) is 22.7 Å². The fraction of sp³-hybridized carbons (Fsp3) is 0.150. The van der Waals surface area contributed by atoms with Gasteiger partial charge in [0.15, 0.2) is 0 Å². The molecule has 0 spiro atoms. The molecule has 1 heterocycles. The van der Waals surface area contributed by atoms with Gasteiger partial charge in [-0.2, -0.15) is 0 Å². The number of ether oxygens (including phenoxy) is 1. The van der Waals surface area contributed by atoms with E-state index < -0.39 is 21.8 Å². The zero-order valence-electron chi connectivity index (χ0n) is 14.8. The van der Waals surface area contributed by atoms with E-state index in [0.717, 1.165) is 15.6 Å². The van der Waals surface area contributed by atoms with E-state index in [0.29, 0.717) is 10.9 Å². The normalized spacial score (nSPS) is 12.0. The van der Waals surface area contributed by atoms with Crippen LogP contribution in [-0.2, 0) is 19.6 Å². The van der Waals surface area contributed by atoms with E-state index in [1.54, 1.807) is 19.1 Å². The highest BCUT2D eigenvalue weighted by Gasteiger charge is 2.22. The van der Waals surface area contributed by atoms with Crippen molar-refractivity contribution in [2.75, 3.05) is 6.61 Å². The van der Waals surface area contributed by atoms with Crippen LogP contribution in [-0.4, -0.2) is 25.0 Å². The average Bonchev–Trinajstić information content (AvgIpc) is 2.98. The number of carbonyl (C=O) groups excluding carboxylic acids is 1. The highest BCUT2D eigenvalue weighted by Crippen LogP contribution is 2.27. The Labute approximate surface area is 156 Å². The molecule has 3 rings (SSSR count). The molecule has 0 saturated carbocycles. The van der Waals surface area contributed by atoms with Crippen molar-refractivity contribution in [2.45, 2.75) is 18.7 Å². The van der Waals surface area contributed by atoms with Crippen molar-refractivity contribution in [3.05, 3.63) is 71.7 Å². The molecule has 0 amide bonds. The summed E-state index contributed by atoms with van der Waals surface area (Å²) in [5.41, 5.74) is 1.47. The molecule has 7 heteroatoms. The van der Waals surface area contributed by atoms with Crippen molar-refractivity contribution in [1.29, 1.82) is 0 Å². The van der Waals surface area contributed by atoms with E-state index in [1.807, 2.05) is 6.92 Å². The standard InChI is InChI=1S/C20H18FNO4S/c1-3-26-20(23)11-7-17-13-15-12-16(21)6-10-19(15)22(17)27(24,25)18-8-4-14(2)5-9-18/h4-13H,3H2,1-2H3. The van der Waals surface area contributed by atoms with E-state index in [4.69, 9.17) is 4.74 Å².